The molecule has 1 aromatic carbocycles. The van der Waals surface area contributed by atoms with Crippen molar-refractivity contribution < 1.29 is 9.72 Å². The van der Waals surface area contributed by atoms with Crippen LogP contribution in [0.3, 0.4) is 0 Å². The second-order valence-corrected chi connectivity index (χ2v) is 7.06. The molecule has 0 fully saturated rings. The van der Waals surface area contributed by atoms with Crippen LogP contribution in [0.5, 0.6) is 0 Å². The topological polar surface area (TPSA) is 76.3 Å². The molecule has 6 nitrogen and oxygen atoms in total. The van der Waals surface area contributed by atoms with Gasteiger partial charge in [0.1, 0.15) is 11.9 Å². The van der Waals surface area contributed by atoms with Crippen molar-refractivity contribution in [3.63, 3.8) is 0 Å². The monoisotopic (exact) mass is 407 g/mol. The van der Waals surface area contributed by atoms with E-state index < -0.39 is 4.92 Å². The van der Waals surface area contributed by atoms with E-state index in [1.54, 1.807) is 16.7 Å². The maximum atomic E-state index is 12.8. The van der Waals surface area contributed by atoms with Crippen LogP contribution < -0.4 is 0 Å². The Morgan fingerprint density at radius 2 is 2.25 bits per heavy atom. The summed E-state index contributed by atoms with van der Waals surface area (Å²) in [6, 6.07) is 7.50. The number of halogens is 1. The molecule has 0 aliphatic carbocycles. The minimum Gasteiger partial charge on any atom is -0.333 e. The van der Waals surface area contributed by atoms with Crippen LogP contribution in [0.15, 0.2) is 39.8 Å². The fourth-order valence-electron chi connectivity index (χ4n) is 2.75. The van der Waals surface area contributed by atoms with Crippen LogP contribution in [0.25, 0.3) is 0 Å². The number of nitrogens with zero attached hydrogens (tertiary/aromatic N) is 3. The van der Waals surface area contributed by atoms with Crippen molar-refractivity contribution in [2.24, 2.45) is 0 Å². The molecule has 3 rings (SSSR count). The average molecular weight is 408 g/mol. The van der Waals surface area contributed by atoms with Crippen LogP contribution in [-0.4, -0.2) is 33.5 Å². The molecule has 1 aliphatic rings. The Morgan fingerprint density at radius 1 is 1.46 bits per heavy atom. The van der Waals surface area contributed by atoms with Crippen LogP contribution in [0.1, 0.15) is 21.6 Å². The van der Waals surface area contributed by atoms with Crippen LogP contribution in [0.2, 0.25) is 0 Å². The molecule has 2 heterocycles. The number of aromatic nitrogens is 1. The maximum Gasteiger partial charge on any atom is 0.288 e. The summed E-state index contributed by atoms with van der Waals surface area (Å²) in [7, 11) is 0. The van der Waals surface area contributed by atoms with Crippen LogP contribution in [-0.2, 0) is 13.0 Å². The SMILES string of the molecule is CSc1cccc2c1CN(C(=O)c1ncc([N+](=O)[O-])cc1Br)CC2. The second-order valence-electron chi connectivity index (χ2n) is 5.36. The number of rotatable bonds is 3. The van der Waals surface area contributed by atoms with Gasteiger partial charge in [-0.05, 0) is 45.8 Å². The average Bonchev–Trinajstić information content (AvgIpc) is 2.60. The molecule has 0 bridgehead atoms. The Kier molecular flexibility index (Phi) is 4.86. The molecule has 0 unspecified atom stereocenters. The van der Waals surface area contributed by atoms with Crippen LogP contribution >= 0.6 is 27.7 Å². The third-order valence-corrected chi connectivity index (χ3v) is 5.40. The number of hydrogen-bond donors (Lipinski definition) is 0. The molecule has 0 saturated carbocycles. The quantitative estimate of drug-likeness (QED) is 0.440. The Balaban J connectivity index is 1.88. The van der Waals surface area contributed by atoms with Crippen molar-refractivity contribution in [2.45, 2.75) is 17.9 Å². The summed E-state index contributed by atoms with van der Waals surface area (Å²) in [6.45, 7) is 1.13. The normalized spacial score (nSPS) is 13.5. The summed E-state index contributed by atoms with van der Waals surface area (Å²) in [5.41, 5.74) is 2.49. The Hall–Kier alpha value is -1.93. The Bertz CT molecular complexity index is 814. The summed E-state index contributed by atoms with van der Waals surface area (Å²) in [6.07, 6.45) is 3.92. The second kappa shape index (κ2) is 6.90. The summed E-state index contributed by atoms with van der Waals surface area (Å²) in [4.78, 5) is 29.9. The van der Waals surface area contributed by atoms with Gasteiger partial charge in [-0.25, -0.2) is 4.98 Å². The number of fused-ring (bicyclic) bond motifs is 1. The first kappa shape index (κ1) is 16.9. The summed E-state index contributed by atoms with van der Waals surface area (Å²) < 4.78 is 0.339. The van der Waals surface area contributed by atoms with Gasteiger partial charge in [0.05, 0.1) is 9.40 Å². The van der Waals surface area contributed by atoms with Crippen LogP contribution in [0, 0.1) is 10.1 Å². The van der Waals surface area contributed by atoms with Gasteiger partial charge in [-0.2, -0.15) is 0 Å². The number of carbonyl (C=O) groups excluding carboxylic acids is 1. The van der Waals surface area contributed by atoms with E-state index in [-0.39, 0.29) is 17.3 Å². The number of amides is 1. The molecule has 1 aliphatic heterocycles. The van der Waals surface area contributed by atoms with E-state index >= 15 is 0 Å². The summed E-state index contributed by atoms with van der Waals surface area (Å²) in [5, 5.41) is 10.8. The van der Waals surface area contributed by atoms with Gasteiger partial charge in [0.25, 0.3) is 11.6 Å². The van der Waals surface area contributed by atoms with Gasteiger partial charge in [-0.1, -0.05) is 12.1 Å². The van der Waals surface area contributed by atoms with Crippen molar-refractivity contribution >= 4 is 39.3 Å². The lowest BCUT2D eigenvalue weighted by Crippen LogP contribution is -2.36. The molecule has 0 atom stereocenters. The van der Waals surface area contributed by atoms with Gasteiger partial charge in [-0.3, -0.25) is 14.9 Å². The lowest BCUT2D eigenvalue weighted by atomic mass is 9.99. The van der Waals surface area contributed by atoms with Gasteiger partial charge in [0, 0.05) is 24.1 Å². The number of pyridine rings is 1. The highest BCUT2D eigenvalue weighted by atomic mass is 79.9. The molecular weight excluding hydrogens is 394 g/mol. The fourth-order valence-corrected chi connectivity index (χ4v) is 3.91. The summed E-state index contributed by atoms with van der Waals surface area (Å²) >= 11 is 4.89. The molecule has 24 heavy (non-hydrogen) atoms. The standard InChI is InChI=1S/C16H14BrN3O3S/c1-24-14-4-2-3-10-5-6-19(9-12(10)14)16(21)15-13(17)7-11(8-18-15)20(22)23/h2-4,7-8H,5-6,9H2,1H3. The number of hydrogen-bond acceptors (Lipinski definition) is 5. The molecule has 8 heteroatoms. The van der Waals surface area contributed by atoms with Gasteiger partial charge >= 0.3 is 0 Å². The molecule has 0 N–H and O–H groups in total. The van der Waals surface area contributed by atoms with E-state index in [1.165, 1.54) is 22.1 Å². The van der Waals surface area contributed by atoms with E-state index in [0.717, 1.165) is 12.6 Å². The third kappa shape index (κ3) is 3.16. The zero-order valence-electron chi connectivity index (χ0n) is 12.9. The van der Waals surface area contributed by atoms with E-state index in [0.29, 0.717) is 17.6 Å². The molecule has 0 saturated heterocycles. The van der Waals surface area contributed by atoms with Gasteiger partial charge in [0.15, 0.2) is 0 Å². The third-order valence-electron chi connectivity index (χ3n) is 3.98. The first-order valence-corrected chi connectivity index (χ1v) is 9.27. The molecule has 1 amide bonds. The first-order valence-electron chi connectivity index (χ1n) is 7.25. The number of carbonyl (C=O) groups is 1. The van der Waals surface area contributed by atoms with Gasteiger partial charge in [-0.15, -0.1) is 11.8 Å². The molecule has 2 aromatic rings. The minimum absolute atomic E-state index is 0.146. The fraction of sp³-hybridized carbons (Fsp3) is 0.250. The van der Waals surface area contributed by atoms with Crippen LogP contribution in [0.4, 0.5) is 5.69 Å². The number of benzene rings is 1. The predicted octanol–water partition coefficient (Wildman–Crippen LogP) is 3.67. The Labute approximate surface area is 151 Å². The van der Waals surface area contributed by atoms with Gasteiger partial charge in [0.2, 0.25) is 0 Å². The number of thioether (sulfide) groups is 1. The van der Waals surface area contributed by atoms with Crippen molar-refractivity contribution in [2.75, 3.05) is 12.8 Å². The molecule has 0 radical (unpaired) electrons. The molecule has 0 spiro atoms. The predicted molar refractivity (Wildman–Crippen MR) is 95.3 cm³/mol. The summed E-state index contributed by atoms with van der Waals surface area (Å²) in [5.74, 6) is -0.224. The van der Waals surface area contributed by atoms with Crippen molar-refractivity contribution in [1.82, 2.24) is 9.88 Å². The lowest BCUT2D eigenvalue weighted by molar-refractivity contribution is -0.385. The Morgan fingerprint density at radius 3 is 2.92 bits per heavy atom. The van der Waals surface area contributed by atoms with E-state index in [1.807, 2.05) is 12.3 Å². The molecule has 1 aromatic heterocycles. The van der Waals surface area contributed by atoms with E-state index in [2.05, 4.69) is 33.0 Å². The molecular formula is C16H14BrN3O3S. The highest BCUT2D eigenvalue weighted by Crippen LogP contribution is 2.30. The largest absolute Gasteiger partial charge is 0.333 e. The van der Waals surface area contributed by atoms with Gasteiger partial charge < -0.3 is 4.90 Å². The molecule has 124 valence electrons. The minimum atomic E-state index is -0.534. The smallest absolute Gasteiger partial charge is 0.288 e. The first-order chi connectivity index (χ1) is 11.5. The lowest BCUT2D eigenvalue weighted by Gasteiger charge is -2.30. The zero-order chi connectivity index (χ0) is 17.3. The van der Waals surface area contributed by atoms with E-state index in [9.17, 15) is 14.9 Å². The maximum absolute atomic E-state index is 12.8. The zero-order valence-corrected chi connectivity index (χ0v) is 15.3. The highest BCUT2D eigenvalue weighted by Gasteiger charge is 2.26. The van der Waals surface area contributed by atoms with Crippen molar-refractivity contribution in [3.8, 4) is 0 Å². The number of nitro groups is 1. The van der Waals surface area contributed by atoms with Crippen molar-refractivity contribution in [3.05, 3.63) is 61.9 Å². The van der Waals surface area contributed by atoms with E-state index in [4.69, 9.17) is 0 Å². The highest BCUT2D eigenvalue weighted by molar-refractivity contribution is 9.10. The van der Waals surface area contributed by atoms with Crippen molar-refractivity contribution in [1.29, 1.82) is 0 Å².